The van der Waals surface area contributed by atoms with E-state index in [1.165, 1.54) is 0 Å². The first-order chi connectivity index (χ1) is 7.95. The highest BCUT2D eigenvalue weighted by molar-refractivity contribution is 5.27. The van der Waals surface area contributed by atoms with E-state index < -0.39 is 40.7 Å². The number of rotatable bonds is 2. The van der Waals surface area contributed by atoms with Gasteiger partial charge < -0.3 is 5.73 Å². The predicted molar refractivity (Wildman–Crippen MR) is 50.5 cm³/mol. The van der Waals surface area contributed by atoms with E-state index in [0.717, 1.165) is 6.42 Å². The minimum atomic E-state index is -2.15. The maximum atomic E-state index is 13.4. The molecule has 0 spiro atoms. The van der Waals surface area contributed by atoms with Crippen LogP contribution in [0.25, 0.3) is 0 Å². The summed E-state index contributed by atoms with van der Waals surface area (Å²) in [6.45, 7) is 0. The lowest BCUT2D eigenvalue weighted by Gasteiger charge is -2.31. The SMILES string of the molecule is N[C@H](c1c(F)c(F)c(F)c(F)c1F)C1CCC1. The molecule has 6 heteroatoms. The second-order valence-electron chi connectivity index (χ2n) is 4.20. The van der Waals surface area contributed by atoms with Gasteiger partial charge >= 0.3 is 0 Å². The first-order valence-electron chi connectivity index (χ1n) is 5.22. The summed E-state index contributed by atoms with van der Waals surface area (Å²) in [7, 11) is 0. The molecule has 0 radical (unpaired) electrons. The Balaban J connectivity index is 2.52. The van der Waals surface area contributed by atoms with Gasteiger partial charge in [-0.2, -0.15) is 0 Å². The van der Waals surface area contributed by atoms with E-state index in [1.54, 1.807) is 0 Å². The lowest BCUT2D eigenvalue weighted by molar-refractivity contribution is 0.249. The first-order valence-corrected chi connectivity index (χ1v) is 5.22. The number of nitrogens with two attached hydrogens (primary N) is 1. The summed E-state index contributed by atoms with van der Waals surface area (Å²) in [5.74, 6) is -9.88. The van der Waals surface area contributed by atoms with Gasteiger partial charge in [-0.25, -0.2) is 22.0 Å². The molecule has 1 atom stereocenters. The van der Waals surface area contributed by atoms with E-state index in [4.69, 9.17) is 5.73 Å². The third-order valence-corrected chi connectivity index (χ3v) is 3.23. The highest BCUT2D eigenvalue weighted by atomic mass is 19.2. The molecular formula is C11H10F5N. The Morgan fingerprint density at radius 1 is 0.824 bits per heavy atom. The molecule has 1 aromatic carbocycles. The molecule has 17 heavy (non-hydrogen) atoms. The second-order valence-corrected chi connectivity index (χ2v) is 4.20. The molecule has 0 unspecified atom stereocenters. The topological polar surface area (TPSA) is 26.0 Å². The summed E-state index contributed by atoms with van der Waals surface area (Å²) in [5, 5.41) is 0. The van der Waals surface area contributed by atoms with Crippen molar-refractivity contribution in [1.29, 1.82) is 0 Å². The highest BCUT2D eigenvalue weighted by Crippen LogP contribution is 2.39. The number of hydrogen-bond acceptors (Lipinski definition) is 1. The number of benzene rings is 1. The van der Waals surface area contributed by atoms with Crippen molar-refractivity contribution in [2.45, 2.75) is 25.3 Å². The molecule has 0 heterocycles. The molecule has 1 nitrogen and oxygen atoms in total. The minimum Gasteiger partial charge on any atom is -0.324 e. The Morgan fingerprint density at radius 2 is 1.24 bits per heavy atom. The monoisotopic (exact) mass is 251 g/mol. The average Bonchev–Trinajstić information content (AvgIpc) is 2.21. The van der Waals surface area contributed by atoms with Crippen molar-refractivity contribution in [2.24, 2.45) is 11.7 Å². The number of halogens is 5. The summed E-state index contributed by atoms with van der Waals surface area (Å²) >= 11 is 0. The van der Waals surface area contributed by atoms with E-state index >= 15 is 0 Å². The quantitative estimate of drug-likeness (QED) is 0.487. The van der Waals surface area contributed by atoms with Crippen LogP contribution in [0.1, 0.15) is 30.9 Å². The van der Waals surface area contributed by atoms with Crippen LogP contribution in [0.2, 0.25) is 0 Å². The van der Waals surface area contributed by atoms with E-state index in [0.29, 0.717) is 12.8 Å². The van der Waals surface area contributed by atoms with Gasteiger partial charge in [0.2, 0.25) is 5.82 Å². The van der Waals surface area contributed by atoms with Crippen LogP contribution in [-0.2, 0) is 0 Å². The van der Waals surface area contributed by atoms with Gasteiger partial charge in [-0.1, -0.05) is 6.42 Å². The van der Waals surface area contributed by atoms with Gasteiger partial charge in [-0.3, -0.25) is 0 Å². The van der Waals surface area contributed by atoms with Crippen molar-refractivity contribution in [3.63, 3.8) is 0 Å². The van der Waals surface area contributed by atoms with E-state index in [-0.39, 0.29) is 5.92 Å². The third kappa shape index (κ3) is 1.80. The molecule has 2 rings (SSSR count). The zero-order valence-electron chi connectivity index (χ0n) is 8.74. The maximum Gasteiger partial charge on any atom is 0.200 e. The van der Waals surface area contributed by atoms with E-state index in [1.807, 2.05) is 0 Å². The molecule has 0 saturated heterocycles. The van der Waals surface area contributed by atoms with Crippen LogP contribution in [-0.4, -0.2) is 0 Å². The van der Waals surface area contributed by atoms with Gasteiger partial charge in [0.05, 0.1) is 0 Å². The van der Waals surface area contributed by atoms with Crippen LogP contribution >= 0.6 is 0 Å². The van der Waals surface area contributed by atoms with Crippen molar-refractivity contribution in [3.8, 4) is 0 Å². The van der Waals surface area contributed by atoms with Crippen molar-refractivity contribution < 1.29 is 22.0 Å². The minimum absolute atomic E-state index is 0.219. The predicted octanol–water partition coefficient (Wildman–Crippen LogP) is 3.18. The van der Waals surface area contributed by atoms with Crippen LogP contribution in [0.15, 0.2) is 0 Å². The van der Waals surface area contributed by atoms with Crippen LogP contribution in [0.4, 0.5) is 22.0 Å². The smallest absolute Gasteiger partial charge is 0.200 e. The van der Waals surface area contributed by atoms with Crippen LogP contribution in [0, 0.1) is 35.0 Å². The van der Waals surface area contributed by atoms with Crippen molar-refractivity contribution in [1.82, 2.24) is 0 Å². The van der Waals surface area contributed by atoms with Gasteiger partial charge in [-0.15, -0.1) is 0 Å². The Hall–Kier alpha value is -1.17. The summed E-state index contributed by atoms with van der Waals surface area (Å²) < 4.78 is 65.4. The number of hydrogen-bond donors (Lipinski definition) is 1. The molecular weight excluding hydrogens is 241 g/mol. The summed E-state index contributed by atoms with van der Waals surface area (Å²) in [5.41, 5.74) is 4.66. The fraction of sp³-hybridized carbons (Fsp3) is 0.455. The Labute approximate surface area is 94.4 Å². The molecule has 0 aromatic heterocycles. The largest absolute Gasteiger partial charge is 0.324 e. The molecule has 0 bridgehead atoms. The molecule has 1 aliphatic carbocycles. The van der Waals surface area contributed by atoms with E-state index in [2.05, 4.69) is 0 Å². The van der Waals surface area contributed by atoms with Crippen LogP contribution < -0.4 is 5.73 Å². The molecule has 0 amide bonds. The zero-order valence-corrected chi connectivity index (χ0v) is 8.74. The summed E-state index contributed by atoms with van der Waals surface area (Å²) in [6, 6.07) is -1.15. The Morgan fingerprint density at radius 3 is 1.59 bits per heavy atom. The Kier molecular flexibility index (Phi) is 3.07. The van der Waals surface area contributed by atoms with Gasteiger partial charge in [-0.05, 0) is 18.8 Å². The molecule has 0 aliphatic heterocycles. The Bertz CT molecular complexity index is 427. The van der Waals surface area contributed by atoms with Gasteiger partial charge in [0.15, 0.2) is 23.3 Å². The average molecular weight is 251 g/mol. The molecule has 1 aliphatic rings. The molecule has 94 valence electrons. The fourth-order valence-electron chi connectivity index (χ4n) is 1.95. The maximum absolute atomic E-state index is 13.4. The molecule has 1 saturated carbocycles. The van der Waals surface area contributed by atoms with Crippen molar-refractivity contribution in [3.05, 3.63) is 34.6 Å². The van der Waals surface area contributed by atoms with Gasteiger partial charge in [0.1, 0.15) is 0 Å². The fourth-order valence-corrected chi connectivity index (χ4v) is 1.95. The molecule has 1 fully saturated rings. The summed E-state index contributed by atoms with van der Waals surface area (Å²) in [6.07, 6.45) is 2.13. The first kappa shape index (κ1) is 12.3. The normalized spacial score (nSPS) is 18.0. The second kappa shape index (κ2) is 4.25. The third-order valence-electron chi connectivity index (χ3n) is 3.23. The standard InChI is InChI=1S/C11H10F5N/c12-6-5(11(17)4-2-1-3-4)7(13)9(15)10(16)8(6)14/h4,11H,1-3,17H2/t11-/m0/s1. The summed E-state index contributed by atoms with van der Waals surface area (Å²) in [4.78, 5) is 0. The lowest BCUT2D eigenvalue weighted by atomic mass is 9.77. The van der Waals surface area contributed by atoms with Crippen molar-refractivity contribution in [2.75, 3.05) is 0 Å². The zero-order chi connectivity index (χ0) is 12.7. The molecule has 2 N–H and O–H groups in total. The lowest BCUT2D eigenvalue weighted by Crippen LogP contribution is -2.29. The van der Waals surface area contributed by atoms with Gasteiger partial charge in [0.25, 0.3) is 0 Å². The molecule has 1 aromatic rings. The van der Waals surface area contributed by atoms with Crippen LogP contribution in [0.3, 0.4) is 0 Å². The highest BCUT2D eigenvalue weighted by Gasteiger charge is 2.34. The van der Waals surface area contributed by atoms with E-state index in [9.17, 15) is 22.0 Å². The van der Waals surface area contributed by atoms with Gasteiger partial charge in [0, 0.05) is 11.6 Å². The van der Waals surface area contributed by atoms with Crippen LogP contribution in [0.5, 0.6) is 0 Å². The van der Waals surface area contributed by atoms with Crippen molar-refractivity contribution >= 4 is 0 Å².